The van der Waals surface area contributed by atoms with Crippen molar-refractivity contribution in [3.05, 3.63) is 24.0 Å². The van der Waals surface area contributed by atoms with Gasteiger partial charge in [-0.2, -0.15) is 0 Å². The van der Waals surface area contributed by atoms with E-state index in [9.17, 15) is 0 Å². The van der Waals surface area contributed by atoms with Gasteiger partial charge in [0.05, 0.1) is 5.69 Å². The molecular weight excluding hydrogens is 100 g/mol. The minimum atomic E-state index is 0.808. The molecular formula is C6H6N2. The number of hydrogen-bond donors (Lipinski definition) is 0. The largest absolute Gasteiger partial charge is 0.327 e. The number of rotatable bonds is 0. The molecule has 40 valence electrons. The second-order valence-electron chi connectivity index (χ2n) is 1.86. The van der Waals surface area contributed by atoms with Gasteiger partial charge in [-0.25, -0.2) is 0 Å². The van der Waals surface area contributed by atoms with E-state index in [0.717, 1.165) is 6.67 Å². The van der Waals surface area contributed by atoms with Crippen molar-refractivity contribution in [2.75, 3.05) is 0 Å². The smallest absolute Gasteiger partial charge is 0.114 e. The van der Waals surface area contributed by atoms with Crippen LogP contribution in [0.4, 0.5) is 0 Å². The summed E-state index contributed by atoms with van der Waals surface area (Å²) in [6.45, 7) is 0.808. The van der Waals surface area contributed by atoms with Gasteiger partial charge in [0.2, 0.25) is 0 Å². The first-order valence-corrected chi connectivity index (χ1v) is 2.62. The molecule has 2 nitrogen and oxygen atoms in total. The molecule has 1 aromatic heterocycles. The van der Waals surface area contributed by atoms with E-state index < -0.39 is 0 Å². The van der Waals surface area contributed by atoms with Gasteiger partial charge in [0.15, 0.2) is 0 Å². The van der Waals surface area contributed by atoms with Crippen LogP contribution in [0.3, 0.4) is 0 Å². The molecule has 0 N–H and O–H groups in total. The number of aromatic nitrogens is 1. The number of nitrogens with zero attached hydrogens (tertiary/aromatic N) is 2. The summed E-state index contributed by atoms with van der Waals surface area (Å²) in [6, 6.07) is 4.08. The van der Waals surface area contributed by atoms with E-state index in [1.165, 1.54) is 5.69 Å². The summed E-state index contributed by atoms with van der Waals surface area (Å²) < 4.78 is 2.10. The lowest BCUT2D eigenvalue weighted by Gasteiger charge is -1.88. The molecule has 0 atom stereocenters. The molecule has 2 heterocycles. The molecule has 8 heavy (non-hydrogen) atoms. The monoisotopic (exact) mass is 106 g/mol. The molecule has 0 radical (unpaired) electrons. The summed E-state index contributed by atoms with van der Waals surface area (Å²) >= 11 is 0. The van der Waals surface area contributed by atoms with Gasteiger partial charge in [0, 0.05) is 12.4 Å². The minimum absolute atomic E-state index is 0.808. The summed E-state index contributed by atoms with van der Waals surface area (Å²) in [4.78, 5) is 4.05. The minimum Gasteiger partial charge on any atom is -0.327 e. The molecule has 1 aromatic rings. The van der Waals surface area contributed by atoms with Crippen LogP contribution in [0, 0.1) is 0 Å². The third-order valence-corrected chi connectivity index (χ3v) is 1.32. The summed E-state index contributed by atoms with van der Waals surface area (Å²) in [5, 5.41) is 0. The van der Waals surface area contributed by atoms with Crippen LogP contribution < -0.4 is 0 Å². The molecule has 1 aliphatic rings. The lowest BCUT2D eigenvalue weighted by Crippen LogP contribution is -1.88. The Hall–Kier alpha value is -1.05. The zero-order chi connectivity index (χ0) is 5.40. The molecule has 0 amide bonds. The van der Waals surface area contributed by atoms with Gasteiger partial charge in [-0.3, -0.25) is 4.99 Å². The fourth-order valence-corrected chi connectivity index (χ4v) is 0.896. The second-order valence-corrected chi connectivity index (χ2v) is 1.86. The second kappa shape index (κ2) is 1.22. The normalized spacial score (nSPS) is 14.5. The fourth-order valence-electron chi connectivity index (χ4n) is 0.896. The Morgan fingerprint density at radius 1 is 1.62 bits per heavy atom. The molecule has 0 aromatic carbocycles. The Morgan fingerprint density at radius 3 is 3.50 bits per heavy atom. The van der Waals surface area contributed by atoms with Crippen LogP contribution in [0.1, 0.15) is 5.69 Å². The van der Waals surface area contributed by atoms with Gasteiger partial charge in [-0.05, 0) is 12.1 Å². The van der Waals surface area contributed by atoms with Crippen LogP contribution in [0.15, 0.2) is 23.3 Å². The highest BCUT2D eigenvalue weighted by Gasteiger charge is 1.99. The molecule has 2 rings (SSSR count). The molecule has 0 saturated carbocycles. The van der Waals surface area contributed by atoms with Gasteiger partial charge >= 0.3 is 0 Å². The first kappa shape index (κ1) is 3.89. The maximum absolute atomic E-state index is 4.05. The van der Waals surface area contributed by atoms with Crippen LogP contribution >= 0.6 is 0 Å². The summed E-state index contributed by atoms with van der Waals surface area (Å²) in [6.07, 6.45) is 3.92. The van der Waals surface area contributed by atoms with Gasteiger partial charge in [0.1, 0.15) is 6.67 Å². The highest BCUT2D eigenvalue weighted by atomic mass is 15.1. The lowest BCUT2D eigenvalue weighted by molar-refractivity contribution is 0.767. The maximum Gasteiger partial charge on any atom is 0.114 e. The van der Waals surface area contributed by atoms with E-state index in [2.05, 4.69) is 15.6 Å². The molecule has 0 unspecified atom stereocenters. The van der Waals surface area contributed by atoms with Crippen molar-refractivity contribution in [2.24, 2.45) is 4.99 Å². The van der Waals surface area contributed by atoms with E-state index in [1.807, 2.05) is 18.5 Å². The van der Waals surface area contributed by atoms with E-state index in [0.29, 0.717) is 0 Å². The standard InChI is InChI=1S/C6H6N2/c1-2-6-4-7-5-8(6)3-1/h1-4H,5H2. The Bertz CT molecular complexity index is 222. The Morgan fingerprint density at radius 2 is 2.62 bits per heavy atom. The van der Waals surface area contributed by atoms with Gasteiger partial charge < -0.3 is 4.57 Å². The van der Waals surface area contributed by atoms with Crippen LogP contribution in [-0.2, 0) is 6.67 Å². The van der Waals surface area contributed by atoms with Crippen molar-refractivity contribution in [1.29, 1.82) is 0 Å². The van der Waals surface area contributed by atoms with E-state index in [4.69, 9.17) is 0 Å². The lowest BCUT2D eigenvalue weighted by atomic mass is 10.5. The predicted molar refractivity (Wildman–Crippen MR) is 32.0 cm³/mol. The van der Waals surface area contributed by atoms with Gasteiger partial charge in [-0.15, -0.1) is 0 Å². The highest BCUT2D eigenvalue weighted by Crippen LogP contribution is 2.04. The number of aliphatic imine (C=N–C) groups is 1. The molecule has 0 bridgehead atoms. The summed E-state index contributed by atoms with van der Waals surface area (Å²) in [5.41, 5.74) is 1.21. The zero-order valence-corrected chi connectivity index (χ0v) is 4.41. The highest BCUT2D eigenvalue weighted by molar-refractivity contribution is 5.78. The quantitative estimate of drug-likeness (QED) is 0.467. The third-order valence-electron chi connectivity index (χ3n) is 1.32. The van der Waals surface area contributed by atoms with Crippen LogP contribution in [0.25, 0.3) is 0 Å². The Balaban J connectivity index is 2.67. The molecule has 0 spiro atoms. The molecule has 2 heteroatoms. The summed E-state index contributed by atoms with van der Waals surface area (Å²) in [7, 11) is 0. The van der Waals surface area contributed by atoms with E-state index >= 15 is 0 Å². The molecule has 1 aliphatic heterocycles. The zero-order valence-electron chi connectivity index (χ0n) is 4.41. The first-order chi connectivity index (χ1) is 3.97. The molecule has 0 aliphatic carbocycles. The van der Waals surface area contributed by atoms with Crippen molar-refractivity contribution >= 4 is 6.21 Å². The van der Waals surface area contributed by atoms with Crippen LogP contribution in [0.5, 0.6) is 0 Å². The topological polar surface area (TPSA) is 17.3 Å². The average Bonchev–Trinajstić information content (AvgIpc) is 2.15. The summed E-state index contributed by atoms with van der Waals surface area (Å²) in [5.74, 6) is 0. The van der Waals surface area contributed by atoms with Crippen molar-refractivity contribution < 1.29 is 0 Å². The predicted octanol–water partition coefficient (Wildman–Crippen LogP) is 0.878. The van der Waals surface area contributed by atoms with Crippen molar-refractivity contribution in [3.63, 3.8) is 0 Å². The SMILES string of the molecule is C1=NCn2cccc21. The van der Waals surface area contributed by atoms with Crippen molar-refractivity contribution in [3.8, 4) is 0 Å². The van der Waals surface area contributed by atoms with Crippen molar-refractivity contribution in [1.82, 2.24) is 4.57 Å². The number of fused-ring (bicyclic) bond motifs is 1. The molecule has 0 fully saturated rings. The van der Waals surface area contributed by atoms with Crippen LogP contribution in [-0.4, -0.2) is 10.8 Å². The average molecular weight is 106 g/mol. The van der Waals surface area contributed by atoms with E-state index in [-0.39, 0.29) is 0 Å². The van der Waals surface area contributed by atoms with Gasteiger partial charge in [0.25, 0.3) is 0 Å². The Kier molecular flexibility index (Phi) is 0.592. The van der Waals surface area contributed by atoms with Crippen LogP contribution in [0.2, 0.25) is 0 Å². The third kappa shape index (κ3) is 0.346. The number of hydrogen-bond acceptors (Lipinski definition) is 1. The first-order valence-electron chi connectivity index (χ1n) is 2.62. The fraction of sp³-hybridized carbons (Fsp3) is 0.167. The van der Waals surface area contributed by atoms with E-state index in [1.54, 1.807) is 0 Å². The maximum atomic E-state index is 4.05. The van der Waals surface area contributed by atoms with Crippen molar-refractivity contribution in [2.45, 2.75) is 6.67 Å². The van der Waals surface area contributed by atoms with Gasteiger partial charge in [-0.1, -0.05) is 0 Å². The Labute approximate surface area is 47.5 Å². The molecule has 0 saturated heterocycles.